The summed E-state index contributed by atoms with van der Waals surface area (Å²) in [6.07, 6.45) is 3.95. The number of hydrogen-bond donors (Lipinski definition) is 1. The molecule has 0 bridgehead atoms. The lowest BCUT2D eigenvalue weighted by molar-refractivity contribution is -0.143. The predicted molar refractivity (Wildman–Crippen MR) is 84.5 cm³/mol. The number of para-hydroxylation sites is 1. The summed E-state index contributed by atoms with van der Waals surface area (Å²) in [6.45, 7) is 2.03. The van der Waals surface area contributed by atoms with Crippen molar-refractivity contribution < 1.29 is 14.3 Å². The summed E-state index contributed by atoms with van der Waals surface area (Å²) in [4.78, 5) is 28.5. The molecule has 0 aliphatic heterocycles. The van der Waals surface area contributed by atoms with Gasteiger partial charge in [0.2, 0.25) is 0 Å². The maximum Gasteiger partial charge on any atom is 0.328 e. The van der Waals surface area contributed by atoms with Crippen molar-refractivity contribution in [1.29, 1.82) is 0 Å². The van der Waals surface area contributed by atoms with Gasteiger partial charge in [-0.2, -0.15) is 0 Å². The normalized spacial score (nSPS) is 11.9. The first-order chi connectivity index (χ1) is 10.7. The Bertz CT molecular complexity index is 665. The molecule has 2 aromatic rings. The average Bonchev–Trinajstić information content (AvgIpc) is 2.57. The number of rotatable bonds is 6. The quantitative estimate of drug-likeness (QED) is 0.833. The van der Waals surface area contributed by atoms with Crippen molar-refractivity contribution in [2.24, 2.45) is 0 Å². The van der Waals surface area contributed by atoms with E-state index in [9.17, 15) is 9.59 Å². The number of nitrogens with zero attached hydrogens (tertiary/aromatic N) is 1. The third kappa shape index (κ3) is 3.61. The van der Waals surface area contributed by atoms with Gasteiger partial charge in [0.15, 0.2) is 0 Å². The molecule has 1 heterocycles. The van der Waals surface area contributed by atoms with E-state index in [1.54, 1.807) is 12.3 Å². The fraction of sp³-hybridized carbons (Fsp3) is 0.353. The Hall–Kier alpha value is -2.43. The minimum Gasteiger partial charge on any atom is -0.467 e. The largest absolute Gasteiger partial charge is 0.467 e. The topological polar surface area (TPSA) is 68.3 Å². The lowest BCUT2D eigenvalue weighted by Gasteiger charge is -2.16. The van der Waals surface area contributed by atoms with Gasteiger partial charge in [0, 0.05) is 11.6 Å². The summed E-state index contributed by atoms with van der Waals surface area (Å²) in [5, 5.41) is 3.54. The second-order valence-electron chi connectivity index (χ2n) is 5.07. The molecule has 0 fully saturated rings. The average molecular weight is 300 g/mol. The summed E-state index contributed by atoms with van der Waals surface area (Å²) in [5.74, 6) is -0.703. The second kappa shape index (κ2) is 7.54. The number of carbonyl (C=O) groups excluding carboxylic acids is 2. The van der Waals surface area contributed by atoms with E-state index >= 15 is 0 Å². The van der Waals surface area contributed by atoms with Crippen molar-refractivity contribution in [2.75, 3.05) is 7.11 Å². The summed E-state index contributed by atoms with van der Waals surface area (Å²) in [5.41, 5.74) is 1.26. The Kier molecular flexibility index (Phi) is 5.47. The number of methoxy groups -OCH3 is 1. The molecular weight excluding hydrogens is 280 g/mol. The minimum absolute atomic E-state index is 0.287. The molecule has 2 rings (SSSR count). The van der Waals surface area contributed by atoms with Crippen LogP contribution in [0.15, 0.2) is 36.5 Å². The fourth-order valence-electron chi connectivity index (χ4n) is 2.33. The lowest BCUT2D eigenvalue weighted by atomic mass is 10.1. The summed E-state index contributed by atoms with van der Waals surface area (Å²) in [6, 6.07) is 8.46. The van der Waals surface area contributed by atoms with Crippen molar-refractivity contribution >= 4 is 22.8 Å². The number of unbranched alkanes of at least 4 members (excludes halogenated alkanes) is 1. The first kappa shape index (κ1) is 15.9. The number of nitrogens with one attached hydrogen (secondary N) is 1. The van der Waals surface area contributed by atoms with Crippen molar-refractivity contribution in [3.05, 3.63) is 42.1 Å². The van der Waals surface area contributed by atoms with E-state index < -0.39 is 12.0 Å². The third-order valence-electron chi connectivity index (χ3n) is 3.53. The predicted octanol–water partition coefficient (Wildman–Crippen LogP) is 2.70. The van der Waals surface area contributed by atoms with E-state index in [0.717, 1.165) is 23.7 Å². The SMILES string of the molecule is CCCC[C@H](NC(=O)c1ccnc2ccccc12)C(=O)OC. The number of pyridine rings is 1. The minimum atomic E-state index is -0.621. The van der Waals surface area contributed by atoms with Crippen LogP contribution in [0.25, 0.3) is 10.9 Å². The van der Waals surface area contributed by atoms with Crippen molar-refractivity contribution in [2.45, 2.75) is 32.2 Å². The summed E-state index contributed by atoms with van der Waals surface area (Å²) >= 11 is 0. The molecule has 5 nitrogen and oxygen atoms in total. The van der Waals surface area contributed by atoms with Gasteiger partial charge in [0.1, 0.15) is 6.04 Å². The molecule has 1 aromatic carbocycles. The number of benzene rings is 1. The zero-order valence-corrected chi connectivity index (χ0v) is 12.8. The van der Waals surface area contributed by atoms with Gasteiger partial charge in [-0.15, -0.1) is 0 Å². The van der Waals surface area contributed by atoms with Gasteiger partial charge in [-0.1, -0.05) is 38.0 Å². The van der Waals surface area contributed by atoms with Crippen LogP contribution in [0.4, 0.5) is 0 Å². The highest BCUT2D eigenvalue weighted by Crippen LogP contribution is 2.16. The van der Waals surface area contributed by atoms with Crippen LogP contribution < -0.4 is 5.32 Å². The number of esters is 1. The van der Waals surface area contributed by atoms with E-state index in [0.29, 0.717) is 12.0 Å². The molecule has 1 atom stereocenters. The van der Waals surface area contributed by atoms with Crippen LogP contribution in [-0.2, 0) is 9.53 Å². The summed E-state index contributed by atoms with van der Waals surface area (Å²) in [7, 11) is 1.33. The molecule has 1 N–H and O–H groups in total. The maximum atomic E-state index is 12.5. The standard InChI is InChI=1S/C17H20N2O3/c1-3-4-8-15(17(21)22-2)19-16(20)13-10-11-18-14-9-6-5-7-12(13)14/h5-7,9-11,15H,3-4,8H2,1-2H3,(H,19,20)/t15-/m0/s1. The van der Waals surface area contributed by atoms with Crippen LogP contribution in [0.1, 0.15) is 36.5 Å². The Morgan fingerprint density at radius 3 is 2.77 bits per heavy atom. The van der Waals surface area contributed by atoms with Gasteiger partial charge in [0.25, 0.3) is 5.91 Å². The molecule has 0 unspecified atom stereocenters. The number of aromatic nitrogens is 1. The monoisotopic (exact) mass is 300 g/mol. The zero-order chi connectivity index (χ0) is 15.9. The van der Waals surface area contributed by atoms with E-state index in [2.05, 4.69) is 10.3 Å². The third-order valence-corrected chi connectivity index (χ3v) is 3.53. The highest BCUT2D eigenvalue weighted by Gasteiger charge is 2.22. The number of carbonyl (C=O) groups is 2. The van der Waals surface area contributed by atoms with Gasteiger partial charge < -0.3 is 10.1 Å². The molecule has 0 aliphatic rings. The van der Waals surface area contributed by atoms with E-state index in [-0.39, 0.29) is 5.91 Å². The van der Waals surface area contributed by atoms with Crippen LogP contribution in [0, 0.1) is 0 Å². The molecule has 0 aliphatic carbocycles. The highest BCUT2D eigenvalue weighted by molar-refractivity contribution is 6.07. The number of hydrogen-bond acceptors (Lipinski definition) is 4. The maximum absolute atomic E-state index is 12.5. The zero-order valence-electron chi connectivity index (χ0n) is 12.8. The van der Waals surface area contributed by atoms with Crippen LogP contribution in [0.2, 0.25) is 0 Å². The highest BCUT2D eigenvalue weighted by atomic mass is 16.5. The Balaban J connectivity index is 2.23. The van der Waals surface area contributed by atoms with E-state index in [4.69, 9.17) is 4.74 Å². The Morgan fingerprint density at radius 1 is 1.27 bits per heavy atom. The molecule has 0 saturated carbocycles. The summed E-state index contributed by atoms with van der Waals surface area (Å²) < 4.78 is 4.77. The molecule has 0 spiro atoms. The van der Waals surface area contributed by atoms with Crippen LogP contribution in [0.5, 0.6) is 0 Å². The molecule has 0 saturated heterocycles. The van der Waals surface area contributed by atoms with Gasteiger partial charge in [-0.25, -0.2) is 4.79 Å². The van der Waals surface area contributed by atoms with Crippen LogP contribution >= 0.6 is 0 Å². The lowest BCUT2D eigenvalue weighted by Crippen LogP contribution is -2.41. The first-order valence-electron chi connectivity index (χ1n) is 7.39. The van der Waals surface area contributed by atoms with E-state index in [1.807, 2.05) is 31.2 Å². The number of amides is 1. The molecule has 22 heavy (non-hydrogen) atoms. The number of ether oxygens (including phenoxy) is 1. The van der Waals surface area contributed by atoms with Gasteiger partial charge >= 0.3 is 5.97 Å². The smallest absolute Gasteiger partial charge is 0.328 e. The molecule has 5 heteroatoms. The van der Waals surface area contributed by atoms with Crippen molar-refractivity contribution in [3.63, 3.8) is 0 Å². The van der Waals surface area contributed by atoms with Gasteiger partial charge in [-0.05, 0) is 18.6 Å². The van der Waals surface area contributed by atoms with Crippen LogP contribution in [-0.4, -0.2) is 30.0 Å². The van der Waals surface area contributed by atoms with Gasteiger partial charge in [0.05, 0.1) is 18.2 Å². The van der Waals surface area contributed by atoms with Crippen LogP contribution in [0.3, 0.4) is 0 Å². The van der Waals surface area contributed by atoms with Gasteiger partial charge in [-0.3, -0.25) is 9.78 Å². The molecule has 1 amide bonds. The second-order valence-corrected chi connectivity index (χ2v) is 5.07. The first-order valence-corrected chi connectivity index (χ1v) is 7.39. The molecule has 116 valence electrons. The number of fused-ring (bicyclic) bond motifs is 1. The molecule has 0 radical (unpaired) electrons. The Morgan fingerprint density at radius 2 is 2.05 bits per heavy atom. The van der Waals surface area contributed by atoms with Crippen molar-refractivity contribution in [3.8, 4) is 0 Å². The fourth-order valence-corrected chi connectivity index (χ4v) is 2.33. The molecule has 1 aromatic heterocycles. The van der Waals surface area contributed by atoms with Crippen molar-refractivity contribution in [1.82, 2.24) is 10.3 Å². The molecular formula is C17H20N2O3. The van der Waals surface area contributed by atoms with E-state index in [1.165, 1.54) is 7.11 Å². The Labute approximate surface area is 129 Å².